The van der Waals surface area contributed by atoms with Gasteiger partial charge < -0.3 is 4.98 Å². The Balaban J connectivity index is 1.88. The molecule has 1 aromatic rings. The zero-order valence-electron chi connectivity index (χ0n) is 11.2. The summed E-state index contributed by atoms with van der Waals surface area (Å²) in [6, 6.07) is 0. The van der Waals surface area contributed by atoms with Gasteiger partial charge in [-0.25, -0.2) is 4.98 Å². The number of aromatic nitrogens is 2. The molecule has 0 bridgehead atoms. The molecule has 0 radical (unpaired) electrons. The Morgan fingerprint density at radius 1 is 1.28 bits per heavy atom. The second-order valence-electron chi connectivity index (χ2n) is 5.88. The Morgan fingerprint density at radius 2 is 2.17 bits per heavy atom. The van der Waals surface area contributed by atoms with Crippen LogP contribution in [0, 0.1) is 10.6 Å². The summed E-state index contributed by atoms with van der Waals surface area (Å²) in [6.45, 7) is 2.31. The van der Waals surface area contributed by atoms with Gasteiger partial charge in [0.05, 0.1) is 0 Å². The lowest BCUT2D eigenvalue weighted by atomic mass is 9.80. The van der Waals surface area contributed by atoms with Gasteiger partial charge in [-0.15, -0.1) is 0 Å². The van der Waals surface area contributed by atoms with Gasteiger partial charge in [-0.05, 0) is 38.0 Å². The molecule has 2 unspecified atom stereocenters. The second-order valence-corrected chi connectivity index (χ2v) is 6.26. The van der Waals surface area contributed by atoms with E-state index in [4.69, 9.17) is 17.2 Å². The van der Waals surface area contributed by atoms with Crippen LogP contribution >= 0.6 is 12.2 Å². The minimum Gasteiger partial charge on any atom is -0.347 e. The van der Waals surface area contributed by atoms with Crippen LogP contribution in [0.4, 0.5) is 0 Å². The molecule has 1 aromatic heterocycles. The van der Waals surface area contributed by atoms with Gasteiger partial charge in [0.25, 0.3) is 0 Å². The van der Waals surface area contributed by atoms with Crippen LogP contribution in [0.25, 0.3) is 0 Å². The average molecular weight is 262 g/mol. The quantitative estimate of drug-likeness (QED) is 0.804. The molecule has 2 nitrogen and oxygen atoms in total. The van der Waals surface area contributed by atoms with Crippen LogP contribution < -0.4 is 0 Å². The molecule has 1 heterocycles. The fraction of sp³-hybridized carbons (Fsp3) is 0.733. The molecule has 1 fully saturated rings. The minimum atomic E-state index is 0.622. The highest BCUT2D eigenvalue weighted by molar-refractivity contribution is 7.71. The van der Waals surface area contributed by atoms with Gasteiger partial charge in [0, 0.05) is 17.2 Å². The van der Waals surface area contributed by atoms with Gasteiger partial charge in [-0.3, -0.25) is 0 Å². The van der Waals surface area contributed by atoms with E-state index in [-0.39, 0.29) is 0 Å². The van der Waals surface area contributed by atoms with Crippen LogP contribution in [0.2, 0.25) is 0 Å². The van der Waals surface area contributed by atoms with E-state index in [2.05, 4.69) is 11.9 Å². The van der Waals surface area contributed by atoms with Gasteiger partial charge >= 0.3 is 0 Å². The average Bonchev–Trinajstić information content (AvgIpc) is 2.87. The summed E-state index contributed by atoms with van der Waals surface area (Å²) in [5, 5.41) is 0. The normalized spacial score (nSPS) is 27.2. The minimum absolute atomic E-state index is 0.622. The summed E-state index contributed by atoms with van der Waals surface area (Å²) in [7, 11) is 0. The number of aryl methyl sites for hydroxylation is 1. The first-order valence-electron chi connectivity index (χ1n) is 7.40. The Kier molecular flexibility index (Phi) is 3.51. The largest absolute Gasteiger partial charge is 0.347 e. The molecular weight excluding hydrogens is 240 g/mol. The smallest absolute Gasteiger partial charge is 0.133 e. The zero-order chi connectivity index (χ0) is 12.5. The van der Waals surface area contributed by atoms with Crippen molar-refractivity contribution in [1.82, 2.24) is 9.97 Å². The number of hydrogen-bond acceptors (Lipinski definition) is 2. The maximum atomic E-state index is 5.46. The van der Waals surface area contributed by atoms with Crippen LogP contribution in [0.5, 0.6) is 0 Å². The topological polar surface area (TPSA) is 28.7 Å². The third-order valence-electron chi connectivity index (χ3n) is 4.72. The predicted octanol–water partition coefficient (Wildman–Crippen LogP) is 4.31. The van der Waals surface area contributed by atoms with Crippen molar-refractivity contribution in [2.45, 2.75) is 64.2 Å². The lowest BCUT2D eigenvalue weighted by molar-refractivity contribution is 0.306. The van der Waals surface area contributed by atoms with Crippen LogP contribution in [0.3, 0.4) is 0 Å². The van der Waals surface area contributed by atoms with E-state index in [0.717, 1.165) is 17.0 Å². The van der Waals surface area contributed by atoms with E-state index in [1.165, 1.54) is 62.0 Å². The molecule has 18 heavy (non-hydrogen) atoms. The number of hydrogen-bond donors (Lipinski definition) is 1. The van der Waals surface area contributed by atoms with Crippen LogP contribution in [-0.2, 0) is 12.8 Å². The summed E-state index contributed by atoms with van der Waals surface area (Å²) >= 11 is 5.46. The van der Waals surface area contributed by atoms with Gasteiger partial charge in [0.1, 0.15) is 10.5 Å². The van der Waals surface area contributed by atoms with Crippen molar-refractivity contribution >= 4 is 12.2 Å². The summed E-state index contributed by atoms with van der Waals surface area (Å²) in [5.41, 5.74) is 2.69. The lowest BCUT2D eigenvalue weighted by Gasteiger charge is -2.28. The summed E-state index contributed by atoms with van der Waals surface area (Å²) in [4.78, 5) is 8.30. The van der Waals surface area contributed by atoms with E-state index in [1.807, 2.05) is 0 Å². The van der Waals surface area contributed by atoms with Crippen LogP contribution in [-0.4, -0.2) is 9.97 Å². The SMILES string of the molecule is CCC1CCCC(c2nc(=S)c3c([nH]2)CCC3)C1. The standard InChI is InChI=1S/C15H22N2S/c1-2-10-5-3-6-11(9-10)14-16-13-8-4-7-12(13)15(18)17-14/h10-11H,2-9H2,1H3,(H,16,17,18). The molecule has 0 amide bonds. The number of aromatic amines is 1. The highest BCUT2D eigenvalue weighted by atomic mass is 32.1. The molecule has 0 aromatic carbocycles. The van der Waals surface area contributed by atoms with Gasteiger partial charge in [0.2, 0.25) is 0 Å². The highest BCUT2D eigenvalue weighted by Crippen LogP contribution is 2.36. The van der Waals surface area contributed by atoms with Crippen LogP contribution in [0.15, 0.2) is 0 Å². The third kappa shape index (κ3) is 2.25. The van der Waals surface area contributed by atoms with E-state index in [9.17, 15) is 0 Å². The van der Waals surface area contributed by atoms with E-state index in [1.54, 1.807) is 0 Å². The van der Waals surface area contributed by atoms with Crippen molar-refractivity contribution in [3.05, 3.63) is 21.7 Å². The first-order chi connectivity index (χ1) is 8.78. The Hall–Kier alpha value is -0.700. The fourth-order valence-corrected chi connectivity index (χ4v) is 3.90. The maximum Gasteiger partial charge on any atom is 0.133 e. The van der Waals surface area contributed by atoms with Gasteiger partial charge in [0.15, 0.2) is 0 Å². The molecule has 1 saturated carbocycles. The predicted molar refractivity (Wildman–Crippen MR) is 76.4 cm³/mol. The van der Waals surface area contributed by atoms with Crippen molar-refractivity contribution < 1.29 is 0 Å². The molecule has 3 rings (SSSR count). The Morgan fingerprint density at radius 3 is 3.00 bits per heavy atom. The molecule has 2 aliphatic rings. The number of nitrogens with one attached hydrogen (secondary N) is 1. The van der Waals surface area contributed by atoms with E-state index >= 15 is 0 Å². The molecule has 1 N–H and O–H groups in total. The first-order valence-corrected chi connectivity index (χ1v) is 7.80. The number of fused-ring (bicyclic) bond motifs is 1. The first kappa shape index (κ1) is 12.3. The number of nitrogens with zero attached hydrogens (tertiary/aromatic N) is 1. The molecule has 3 heteroatoms. The molecule has 2 aliphatic carbocycles. The molecular formula is C15H22N2S. The zero-order valence-corrected chi connectivity index (χ0v) is 12.0. The van der Waals surface area contributed by atoms with E-state index < -0.39 is 0 Å². The van der Waals surface area contributed by atoms with Crippen molar-refractivity contribution in [1.29, 1.82) is 0 Å². The van der Waals surface area contributed by atoms with E-state index in [0.29, 0.717) is 5.92 Å². The fourth-order valence-electron chi connectivity index (χ4n) is 3.58. The van der Waals surface area contributed by atoms with Gasteiger partial charge in [-0.1, -0.05) is 38.4 Å². The number of H-pyrrole nitrogens is 1. The number of rotatable bonds is 2. The highest BCUT2D eigenvalue weighted by Gasteiger charge is 2.25. The van der Waals surface area contributed by atoms with Crippen molar-refractivity contribution in [2.24, 2.45) is 5.92 Å². The Bertz CT molecular complexity index is 492. The molecule has 0 aliphatic heterocycles. The lowest BCUT2D eigenvalue weighted by Crippen LogP contribution is -2.16. The second kappa shape index (κ2) is 5.12. The molecule has 0 spiro atoms. The van der Waals surface area contributed by atoms with Gasteiger partial charge in [-0.2, -0.15) is 0 Å². The maximum absolute atomic E-state index is 5.46. The van der Waals surface area contributed by atoms with Crippen molar-refractivity contribution in [3.63, 3.8) is 0 Å². The molecule has 0 saturated heterocycles. The monoisotopic (exact) mass is 262 g/mol. The summed E-state index contributed by atoms with van der Waals surface area (Å²) in [5.74, 6) is 2.69. The molecule has 98 valence electrons. The van der Waals surface area contributed by atoms with Crippen LogP contribution in [0.1, 0.15) is 68.4 Å². The van der Waals surface area contributed by atoms with Crippen molar-refractivity contribution in [2.75, 3.05) is 0 Å². The molecule has 2 atom stereocenters. The van der Waals surface area contributed by atoms with Crippen molar-refractivity contribution in [3.8, 4) is 0 Å². The third-order valence-corrected chi connectivity index (χ3v) is 5.06. The Labute approximate surface area is 114 Å². The summed E-state index contributed by atoms with van der Waals surface area (Å²) in [6.07, 6.45) is 10.2. The summed E-state index contributed by atoms with van der Waals surface area (Å²) < 4.78 is 0.870.